The second-order valence-electron chi connectivity index (χ2n) is 4.89. The van der Waals surface area contributed by atoms with Gasteiger partial charge in [-0.25, -0.2) is 0 Å². The van der Waals surface area contributed by atoms with E-state index in [2.05, 4.69) is 0 Å². The van der Waals surface area contributed by atoms with Gasteiger partial charge < -0.3 is 15.4 Å². The minimum absolute atomic E-state index is 0.0293. The Labute approximate surface area is 108 Å². The van der Waals surface area contributed by atoms with Gasteiger partial charge in [-0.2, -0.15) is 0 Å². The molecular weight excluding hydrogens is 228 g/mol. The predicted octanol–water partition coefficient (Wildman–Crippen LogP) is 1.71. The van der Waals surface area contributed by atoms with Crippen molar-refractivity contribution in [1.82, 2.24) is 4.90 Å². The fourth-order valence-corrected chi connectivity index (χ4v) is 1.80. The number of nitrogens with zero attached hydrogens (tertiary/aromatic N) is 1. The first-order chi connectivity index (χ1) is 8.58. The Bertz CT molecular complexity index is 428. The Balaban J connectivity index is 1.89. The molecule has 1 aromatic carbocycles. The lowest BCUT2D eigenvalue weighted by atomic mass is 10.1. The van der Waals surface area contributed by atoms with Crippen LogP contribution in [0.2, 0.25) is 0 Å². The fraction of sp³-hybridized carbons (Fsp3) is 0.500. The molecule has 1 fully saturated rings. The predicted molar refractivity (Wildman–Crippen MR) is 70.3 cm³/mol. The van der Waals surface area contributed by atoms with Gasteiger partial charge in [-0.1, -0.05) is 12.1 Å². The molecule has 18 heavy (non-hydrogen) atoms. The van der Waals surface area contributed by atoms with E-state index in [1.165, 1.54) is 0 Å². The average Bonchev–Trinajstić information content (AvgIpc) is 3.19. The molecule has 1 atom stereocenters. The van der Waals surface area contributed by atoms with Gasteiger partial charge in [0.1, 0.15) is 5.75 Å². The molecule has 1 aliphatic rings. The smallest absolute Gasteiger partial charge is 0.260 e. The molecule has 1 unspecified atom stereocenters. The third-order valence-corrected chi connectivity index (χ3v) is 3.23. The maximum absolute atomic E-state index is 11.8. The SMILES string of the molecule is CC(N)c1cccc(OCC(=O)N(C)C2CC2)c1. The van der Waals surface area contributed by atoms with Crippen LogP contribution in [0.4, 0.5) is 0 Å². The minimum atomic E-state index is -0.0293. The molecule has 0 spiro atoms. The molecule has 98 valence electrons. The number of ether oxygens (including phenoxy) is 1. The molecule has 0 bridgehead atoms. The minimum Gasteiger partial charge on any atom is -0.484 e. The van der Waals surface area contributed by atoms with Crippen LogP contribution < -0.4 is 10.5 Å². The highest BCUT2D eigenvalue weighted by Crippen LogP contribution is 2.25. The first-order valence-corrected chi connectivity index (χ1v) is 6.32. The molecule has 2 rings (SSSR count). The van der Waals surface area contributed by atoms with E-state index in [0.717, 1.165) is 18.4 Å². The second kappa shape index (κ2) is 5.40. The van der Waals surface area contributed by atoms with Crippen molar-refractivity contribution in [3.63, 3.8) is 0 Å². The van der Waals surface area contributed by atoms with Crippen molar-refractivity contribution in [3.8, 4) is 5.75 Å². The summed E-state index contributed by atoms with van der Waals surface area (Å²) in [5.74, 6) is 0.728. The van der Waals surface area contributed by atoms with E-state index in [1.807, 2.05) is 38.2 Å². The van der Waals surface area contributed by atoms with Crippen molar-refractivity contribution >= 4 is 5.91 Å². The molecule has 2 N–H and O–H groups in total. The number of carbonyl (C=O) groups is 1. The van der Waals surface area contributed by atoms with Crippen LogP contribution in [0.25, 0.3) is 0 Å². The van der Waals surface area contributed by atoms with Crippen LogP contribution in [0.1, 0.15) is 31.4 Å². The Morgan fingerprint density at radius 2 is 2.28 bits per heavy atom. The number of likely N-dealkylation sites (N-methyl/N-ethyl adjacent to an activating group) is 1. The van der Waals surface area contributed by atoms with E-state index in [9.17, 15) is 4.79 Å². The Morgan fingerprint density at radius 1 is 1.56 bits per heavy atom. The number of nitrogens with two attached hydrogens (primary N) is 1. The number of benzene rings is 1. The Morgan fingerprint density at radius 3 is 2.89 bits per heavy atom. The molecule has 1 saturated carbocycles. The number of hydrogen-bond donors (Lipinski definition) is 1. The molecule has 4 heteroatoms. The van der Waals surface area contributed by atoms with E-state index in [-0.39, 0.29) is 18.6 Å². The van der Waals surface area contributed by atoms with Gasteiger partial charge in [-0.05, 0) is 37.5 Å². The Hall–Kier alpha value is -1.55. The summed E-state index contributed by atoms with van der Waals surface area (Å²) in [4.78, 5) is 13.6. The van der Waals surface area contributed by atoms with Crippen LogP contribution in [0, 0.1) is 0 Å². The zero-order valence-electron chi connectivity index (χ0n) is 10.9. The summed E-state index contributed by atoms with van der Waals surface area (Å²) in [7, 11) is 1.84. The van der Waals surface area contributed by atoms with E-state index in [1.54, 1.807) is 4.90 Å². The quantitative estimate of drug-likeness (QED) is 0.863. The van der Waals surface area contributed by atoms with Crippen molar-refractivity contribution in [3.05, 3.63) is 29.8 Å². The number of carbonyl (C=O) groups excluding carboxylic acids is 1. The highest BCUT2D eigenvalue weighted by molar-refractivity contribution is 5.78. The monoisotopic (exact) mass is 248 g/mol. The molecule has 1 aromatic rings. The highest BCUT2D eigenvalue weighted by atomic mass is 16.5. The summed E-state index contributed by atoms with van der Waals surface area (Å²) in [5.41, 5.74) is 6.81. The van der Waals surface area contributed by atoms with Gasteiger partial charge in [0.25, 0.3) is 5.91 Å². The number of hydrogen-bond acceptors (Lipinski definition) is 3. The second-order valence-corrected chi connectivity index (χ2v) is 4.89. The summed E-state index contributed by atoms with van der Waals surface area (Å²) in [5, 5.41) is 0. The molecule has 0 heterocycles. The van der Waals surface area contributed by atoms with Crippen LogP contribution in [-0.4, -0.2) is 30.5 Å². The third kappa shape index (κ3) is 3.23. The Kier molecular flexibility index (Phi) is 3.87. The number of amides is 1. The van der Waals surface area contributed by atoms with Gasteiger partial charge in [0.2, 0.25) is 0 Å². The number of rotatable bonds is 5. The average molecular weight is 248 g/mol. The van der Waals surface area contributed by atoms with Crippen molar-refractivity contribution in [2.75, 3.05) is 13.7 Å². The van der Waals surface area contributed by atoms with Gasteiger partial charge >= 0.3 is 0 Å². The zero-order chi connectivity index (χ0) is 13.1. The maximum Gasteiger partial charge on any atom is 0.260 e. The lowest BCUT2D eigenvalue weighted by Gasteiger charge is -2.16. The zero-order valence-corrected chi connectivity index (χ0v) is 10.9. The molecule has 1 amide bonds. The van der Waals surface area contributed by atoms with E-state index in [4.69, 9.17) is 10.5 Å². The summed E-state index contributed by atoms with van der Waals surface area (Å²) < 4.78 is 5.51. The van der Waals surface area contributed by atoms with Crippen LogP contribution in [0.3, 0.4) is 0 Å². The highest BCUT2D eigenvalue weighted by Gasteiger charge is 2.29. The van der Waals surface area contributed by atoms with Crippen molar-refractivity contribution in [2.24, 2.45) is 5.73 Å². The van der Waals surface area contributed by atoms with Crippen LogP contribution >= 0.6 is 0 Å². The maximum atomic E-state index is 11.8. The van der Waals surface area contributed by atoms with Crippen molar-refractivity contribution in [2.45, 2.75) is 31.8 Å². The lowest BCUT2D eigenvalue weighted by molar-refractivity contribution is -0.132. The summed E-state index contributed by atoms with van der Waals surface area (Å²) in [6, 6.07) is 7.97. The van der Waals surface area contributed by atoms with E-state index in [0.29, 0.717) is 11.8 Å². The molecule has 1 aliphatic carbocycles. The van der Waals surface area contributed by atoms with Gasteiger partial charge in [-0.3, -0.25) is 4.79 Å². The third-order valence-electron chi connectivity index (χ3n) is 3.23. The topological polar surface area (TPSA) is 55.6 Å². The lowest BCUT2D eigenvalue weighted by Crippen LogP contribution is -2.33. The van der Waals surface area contributed by atoms with Gasteiger partial charge in [0.05, 0.1) is 0 Å². The molecule has 0 saturated heterocycles. The van der Waals surface area contributed by atoms with Crippen LogP contribution in [0.5, 0.6) is 5.75 Å². The van der Waals surface area contributed by atoms with Crippen LogP contribution in [0.15, 0.2) is 24.3 Å². The molecule has 0 radical (unpaired) electrons. The van der Waals surface area contributed by atoms with Gasteiger partial charge in [0.15, 0.2) is 6.61 Å². The van der Waals surface area contributed by atoms with E-state index < -0.39 is 0 Å². The normalized spacial score (nSPS) is 16.2. The van der Waals surface area contributed by atoms with Crippen molar-refractivity contribution < 1.29 is 9.53 Å². The van der Waals surface area contributed by atoms with Gasteiger partial charge in [0, 0.05) is 19.1 Å². The standard InChI is InChI=1S/C14H20N2O2/c1-10(15)11-4-3-5-13(8-11)18-9-14(17)16(2)12-6-7-12/h3-5,8,10,12H,6-7,9,15H2,1-2H3. The summed E-state index contributed by atoms with van der Waals surface area (Å²) in [6.07, 6.45) is 2.23. The summed E-state index contributed by atoms with van der Waals surface area (Å²) in [6.45, 7) is 2.01. The first-order valence-electron chi connectivity index (χ1n) is 6.32. The first kappa shape index (κ1) is 12.9. The molecule has 0 aliphatic heterocycles. The van der Waals surface area contributed by atoms with Gasteiger partial charge in [-0.15, -0.1) is 0 Å². The van der Waals surface area contributed by atoms with E-state index >= 15 is 0 Å². The molecular formula is C14H20N2O2. The van der Waals surface area contributed by atoms with Crippen molar-refractivity contribution in [1.29, 1.82) is 0 Å². The summed E-state index contributed by atoms with van der Waals surface area (Å²) >= 11 is 0. The molecule has 0 aromatic heterocycles. The van der Waals surface area contributed by atoms with Crippen LogP contribution in [-0.2, 0) is 4.79 Å². The largest absolute Gasteiger partial charge is 0.484 e. The molecule has 4 nitrogen and oxygen atoms in total. The fourth-order valence-electron chi connectivity index (χ4n) is 1.80.